The van der Waals surface area contributed by atoms with Crippen LogP contribution in [0.2, 0.25) is 0 Å². The number of phosphoric acid groups is 1. The number of carbonyl (C=O) groups is 1. The molecule has 0 aliphatic carbocycles. The predicted octanol–water partition coefficient (Wildman–Crippen LogP) is 15.2. The van der Waals surface area contributed by atoms with E-state index in [-0.39, 0.29) is 25.8 Å². The summed E-state index contributed by atoms with van der Waals surface area (Å²) in [5, 5.41) is 0. The molecular formula is C51H102NO7P. The molecule has 0 aliphatic rings. The van der Waals surface area contributed by atoms with Crippen LogP contribution < -0.4 is 4.89 Å². The van der Waals surface area contributed by atoms with Crippen LogP contribution in [0.25, 0.3) is 0 Å². The average molecular weight is 872 g/mol. The molecule has 0 radical (unpaired) electrons. The van der Waals surface area contributed by atoms with Crippen molar-refractivity contribution in [1.82, 2.24) is 0 Å². The molecule has 9 heteroatoms. The fraction of sp³-hybridized carbons (Fsp3) is 0.941. The third-order valence-corrected chi connectivity index (χ3v) is 12.5. The minimum atomic E-state index is -4.52. The Bertz CT molecular complexity index is 972. The molecule has 0 N–H and O–H groups in total. The molecule has 2 atom stereocenters. The molecule has 0 saturated carbocycles. The standard InChI is InChI=1S/C51H102NO7P/c1-6-8-10-12-14-16-18-20-22-23-24-25-26-27-28-29-30-31-33-35-37-39-41-43-46-56-48-50(49-58-60(54,55)57-47-45-52(3,4)5)59-51(53)44-42-40-38-36-34-32-21-19-17-15-13-11-9-7-2/h23-24,50H,6-22,25-49H2,1-5H3/b24-23-. The lowest BCUT2D eigenvalue weighted by molar-refractivity contribution is -0.870. The van der Waals surface area contributed by atoms with Crippen molar-refractivity contribution in [2.75, 3.05) is 54.1 Å². The van der Waals surface area contributed by atoms with Gasteiger partial charge in [-0.25, -0.2) is 0 Å². The van der Waals surface area contributed by atoms with Crippen LogP contribution in [0.3, 0.4) is 0 Å². The van der Waals surface area contributed by atoms with Crippen LogP contribution in [0.15, 0.2) is 12.2 Å². The van der Waals surface area contributed by atoms with Gasteiger partial charge in [0, 0.05) is 13.0 Å². The highest BCUT2D eigenvalue weighted by Crippen LogP contribution is 2.38. The second kappa shape index (κ2) is 44.8. The van der Waals surface area contributed by atoms with E-state index in [4.69, 9.17) is 18.5 Å². The Kier molecular flexibility index (Phi) is 44.3. The summed E-state index contributed by atoms with van der Waals surface area (Å²) in [7, 11) is 1.37. The summed E-state index contributed by atoms with van der Waals surface area (Å²) in [6.45, 7) is 5.47. The summed E-state index contributed by atoms with van der Waals surface area (Å²) in [5.74, 6) is -0.329. The molecular weight excluding hydrogens is 770 g/mol. The molecule has 0 aliphatic heterocycles. The summed E-state index contributed by atoms with van der Waals surface area (Å²) < 4.78 is 34.7. The van der Waals surface area contributed by atoms with Crippen molar-refractivity contribution >= 4 is 13.8 Å². The zero-order valence-corrected chi connectivity index (χ0v) is 41.6. The zero-order valence-electron chi connectivity index (χ0n) is 40.7. The maximum atomic E-state index is 12.7. The van der Waals surface area contributed by atoms with E-state index in [0.29, 0.717) is 24.1 Å². The van der Waals surface area contributed by atoms with Crippen LogP contribution in [-0.2, 0) is 27.9 Å². The first kappa shape index (κ1) is 59.2. The Morgan fingerprint density at radius 1 is 0.500 bits per heavy atom. The highest BCUT2D eigenvalue weighted by Gasteiger charge is 2.20. The van der Waals surface area contributed by atoms with E-state index in [1.54, 1.807) is 0 Å². The monoisotopic (exact) mass is 872 g/mol. The van der Waals surface area contributed by atoms with Gasteiger partial charge in [0.15, 0.2) is 0 Å². The smallest absolute Gasteiger partial charge is 0.306 e. The molecule has 0 fully saturated rings. The molecule has 0 amide bonds. The third kappa shape index (κ3) is 48.3. The van der Waals surface area contributed by atoms with E-state index in [0.717, 1.165) is 32.1 Å². The number of esters is 1. The van der Waals surface area contributed by atoms with E-state index in [1.807, 2.05) is 21.1 Å². The molecule has 0 aromatic carbocycles. The van der Waals surface area contributed by atoms with Gasteiger partial charge in [-0.2, -0.15) is 0 Å². The number of hydrogen-bond donors (Lipinski definition) is 0. The van der Waals surface area contributed by atoms with E-state index < -0.39 is 13.9 Å². The van der Waals surface area contributed by atoms with E-state index in [1.165, 1.54) is 199 Å². The number of allylic oxidation sites excluding steroid dienone is 2. The number of hydrogen-bond acceptors (Lipinski definition) is 7. The Balaban J connectivity index is 4.04. The van der Waals surface area contributed by atoms with Gasteiger partial charge in [0.2, 0.25) is 0 Å². The van der Waals surface area contributed by atoms with Crippen molar-refractivity contribution in [2.45, 2.75) is 258 Å². The Labute approximate surface area is 373 Å². The van der Waals surface area contributed by atoms with Gasteiger partial charge in [-0.3, -0.25) is 9.36 Å². The maximum absolute atomic E-state index is 12.7. The molecule has 0 aromatic heterocycles. The summed E-state index contributed by atoms with van der Waals surface area (Å²) >= 11 is 0. The van der Waals surface area contributed by atoms with Crippen LogP contribution >= 0.6 is 7.82 Å². The van der Waals surface area contributed by atoms with E-state index >= 15 is 0 Å². The molecule has 0 heterocycles. The third-order valence-electron chi connectivity index (χ3n) is 11.6. The Hall–Kier alpha value is -0.760. The first-order valence-electron chi connectivity index (χ1n) is 25.9. The van der Waals surface area contributed by atoms with Gasteiger partial charge in [-0.1, -0.05) is 219 Å². The van der Waals surface area contributed by atoms with Gasteiger partial charge in [-0.05, 0) is 38.5 Å². The van der Waals surface area contributed by atoms with Crippen LogP contribution in [0.1, 0.15) is 251 Å². The van der Waals surface area contributed by atoms with Crippen molar-refractivity contribution in [2.24, 2.45) is 0 Å². The molecule has 0 saturated heterocycles. The van der Waals surface area contributed by atoms with Crippen molar-refractivity contribution in [3.8, 4) is 0 Å². The van der Waals surface area contributed by atoms with Gasteiger partial charge in [-0.15, -0.1) is 0 Å². The fourth-order valence-corrected chi connectivity index (χ4v) is 8.27. The minimum absolute atomic E-state index is 0.0299. The quantitative estimate of drug-likeness (QED) is 0.0198. The number of rotatable bonds is 49. The van der Waals surface area contributed by atoms with Crippen molar-refractivity contribution < 1.29 is 37.3 Å². The predicted molar refractivity (Wildman–Crippen MR) is 254 cm³/mol. The normalized spacial score (nSPS) is 13.6. The highest BCUT2D eigenvalue weighted by molar-refractivity contribution is 7.45. The second-order valence-electron chi connectivity index (χ2n) is 18.9. The minimum Gasteiger partial charge on any atom is -0.756 e. The number of carbonyl (C=O) groups excluding carboxylic acids is 1. The van der Waals surface area contributed by atoms with Crippen molar-refractivity contribution in [3.05, 3.63) is 12.2 Å². The number of unbranched alkanes of at least 4 members (excludes halogenated alkanes) is 33. The molecule has 358 valence electrons. The van der Waals surface area contributed by atoms with Gasteiger partial charge in [0.1, 0.15) is 19.3 Å². The van der Waals surface area contributed by atoms with Crippen molar-refractivity contribution in [3.63, 3.8) is 0 Å². The highest BCUT2D eigenvalue weighted by atomic mass is 31.2. The molecule has 0 spiro atoms. The van der Waals surface area contributed by atoms with Crippen LogP contribution in [0.4, 0.5) is 0 Å². The van der Waals surface area contributed by atoms with Crippen molar-refractivity contribution in [1.29, 1.82) is 0 Å². The number of likely N-dealkylation sites (N-methyl/N-ethyl adjacent to an activating group) is 1. The number of nitrogens with zero attached hydrogens (tertiary/aromatic N) is 1. The van der Waals surface area contributed by atoms with Crippen LogP contribution in [-0.4, -0.2) is 70.7 Å². The van der Waals surface area contributed by atoms with Gasteiger partial charge >= 0.3 is 5.97 Å². The molecule has 0 aromatic rings. The lowest BCUT2D eigenvalue weighted by Crippen LogP contribution is -2.37. The lowest BCUT2D eigenvalue weighted by atomic mass is 10.0. The molecule has 60 heavy (non-hydrogen) atoms. The number of quaternary nitrogens is 1. The second-order valence-corrected chi connectivity index (χ2v) is 20.3. The van der Waals surface area contributed by atoms with Crippen LogP contribution in [0, 0.1) is 0 Å². The number of ether oxygens (including phenoxy) is 2. The van der Waals surface area contributed by atoms with Gasteiger partial charge < -0.3 is 27.9 Å². The largest absolute Gasteiger partial charge is 0.756 e. The summed E-state index contributed by atoms with van der Waals surface area (Å²) in [6, 6.07) is 0. The summed E-state index contributed by atoms with van der Waals surface area (Å²) in [4.78, 5) is 25.1. The van der Waals surface area contributed by atoms with Gasteiger partial charge in [0.25, 0.3) is 7.82 Å². The fourth-order valence-electron chi connectivity index (χ4n) is 7.54. The SMILES string of the molecule is CCCCCCCCCC/C=C\CCCCCCCCCCCCCCOCC(COP(=O)([O-])OCC[N+](C)(C)C)OC(=O)CCCCCCCCCCCCCCCC. The molecule has 8 nitrogen and oxygen atoms in total. The molecule has 0 rings (SSSR count). The maximum Gasteiger partial charge on any atom is 0.306 e. The van der Waals surface area contributed by atoms with E-state index in [9.17, 15) is 14.3 Å². The number of phosphoric ester groups is 1. The van der Waals surface area contributed by atoms with Crippen LogP contribution in [0.5, 0.6) is 0 Å². The Morgan fingerprint density at radius 2 is 0.867 bits per heavy atom. The zero-order chi connectivity index (χ0) is 44.1. The first-order valence-corrected chi connectivity index (χ1v) is 27.4. The van der Waals surface area contributed by atoms with Gasteiger partial charge in [0.05, 0.1) is 34.4 Å². The van der Waals surface area contributed by atoms with E-state index in [2.05, 4.69) is 26.0 Å². The lowest BCUT2D eigenvalue weighted by Gasteiger charge is -2.28. The average Bonchev–Trinajstić information content (AvgIpc) is 3.20. The summed E-state index contributed by atoms with van der Waals surface area (Å²) in [5.41, 5.74) is 0. The molecule has 0 bridgehead atoms. The topological polar surface area (TPSA) is 94.1 Å². The molecule has 2 unspecified atom stereocenters. The Morgan fingerprint density at radius 3 is 1.27 bits per heavy atom. The first-order chi connectivity index (χ1) is 29.1. The summed E-state index contributed by atoms with van der Waals surface area (Å²) in [6.07, 6.45) is 50.9.